The first-order chi connectivity index (χ1) is 9.88. The Kier molecular flexibility index (Phi) is 15.5. The summed E-state index contributed by atoms with van der Waals surface area (Å²) in [7, 11) is -1.62. The van der Waals surface area contributed by atoms with Crippen molar-refractivity contribution in [1.82, 2.24) is 0 Å². The molecule has 1 aliphatic rings. The molecule has 1 aromatic rings. The van der Waals surface area contributed by atoms with E-state index < -0.39 is 8.07 Å². The van der Waals surface area contributed by atoms with E-state index in [9.17, 15) is 0 Å². The third-order valence-electron chi connectivity index (χ3n) is 4.86. The molecule has 2 rings (SSSR count). The molecule has 1 atom stereocenters. The molecule has 0 amide bonds. The maximum Gasteiger partial charge on any atom is 4.00 e. The van der Waals surface area contributed by atoms with E-state index in [2.05, 4.69) is 65.4 Å². The van der Waals surface area contributed by atoms with Crippen LogP contribution >= 0.6 is 0 Å². The average Bonchev–Trinajstić information content (AvgIpc) is 2.75. The number of benzene rings is 1. The fourth-order valence-corrected chi connectivity index (χ4v) is 8.81. The Hall–Kier alpha value is 0.501. The SMILES string of the molecule is CCCC[Si](C)(C1=C(C)C[C-]=C1C)c1cc(C)cc(C)c1.[Cl-].[Cl-].[Cl-].[Ti+4]. The third kappa shape index (κ3) is 6.87. The third-order valence-corrected chi connectivity index (χ3v) is 9.68. The standard InChI is InChI=1S/C20H29Si.3ClH.Ti/c1-7-8-11-21(6,20-17(4)9-10-18(20)5)19-13-15(2)12-16(3)14-19;;;;/h12-14H,7-9,11H2,1-6H3;3*1H;/q-1;;;;+4/p-3. The number of hydrogen-bond acceptors (Lipinski definition) is 0. The number of hydrogen-bond donors (Lipinski definition) is 0. The van der Waals surface area contributed by atoms with E-state index in [0.717, 1.165) is 6.42 Å². The van der Waals surface area contributed by atoms with Gasteiger partial charge >= 0.3 is 21.7 Å². The normalized spacial score (nSPS) is 15.0. The van der Waals surface area contributed by atoms with Crippen LogP contribution in [0.15, 0.2) is 34.5 Å². The van der Waals surface area contributed by atoms with Gasteiger partial charge in [0.1, 0.15) is 0 Å². The molecule has 1 unspecified atom stereocenters. The van der Waals surface area contributed by atoms with Crippen molar-refractivity contribution in [1.29, 1.82) is 0 Å². The smallest absolute Gasteiger partial charge is 1.00 e. The minimum absolute atomic E-state index is 0. The minimum Gasteiger partial charge on any atom is -1.00 e. The second kappa shape index (κ2) is 12.8. The number of unbranched alkanes of at least 4 members (excludes halogenated alkanes) is 1. The summed E-state index contributed by atoms with van der Waals surface area (Å²) in [6.45, 7) is 13.9. The van der Waals surface area contributed by atoms with Gasteiger partial charge in [-0.25, -0.2) is 5.57 Å². The summed E-state index contributed by atoms with van der Waals surface area (Å²) in [4.78, 5) is 0. The van der Waals surface area contributed by atoms with Gasteiger partial charge in [0.15, 0.2) is 0 Å². The summed E-state index contributed by atoms with van der Waals surface area (Å²) >= 11 is 0. The predicted molar refractivity (Wildman–Crippen MR) is 96.6 cm³/mol. The van der Waals surface area contributed by atoms with Gasteiger partial charge in [0.25, 0.3) is 0 Å². The van der Waals surface area contributed by atoms with Crippen LogP contribution in [0.4, 0.5) is 0 Å². The van der Waals surface area contributed by atoms with Crippen molar-refractivity contribution >= 4 is 13.3 Å². The number of aryl methyl sites for hydroxylation is 2. The predicted octanol–water partition coefficient (Wildman–Crippen LogP) is -3.59. The molecule has 138 valence electrons. The van der Waals surface area contributed by atoms with Crippen LogP contribution in [0.5, 0.6) is 0 Å². The Bertz CT molecular complexity index is 591. The first-order valence-electron chi connectivity index (χ1n) is 8.25. The van der Waals surface area contributed by atoms with Gasteiger partial charge in [0.05, 0.1) is 0 Å². The molecule has 0 aromatic heterocycles. The fraction of sp³-hybridized carbons (Fsp3) is 0.500. The summed E-state index contributed by atoms with van der Waals surface area (Å²) in [5.74, 6) is 0. The van der Waals surface area contributed by atoms with Crippen LogP contribution in [-0.4, -0.2) is 8.07 Å². The molecule has 5 heteroatoms. The van der Waals surface area contributed by atoms with Crippen molar-refractivity contribution < 1.29 is 58.9 Å². The number of rotatable bonds is 5. The second-order valence-corrected chi connectivity index (χ2v) is 11.2. The zero-order valence-electron chi connectivity index (χ0n) is 16.2. The van der Waals surface area contributed by atoms with E-state index >= 15 is 0 Å². The molecule has 0 radical (unpaired) electrons. The molecule has 1 aliphatic carbocycles. The van der Waals surface area contributed by atoms with Gasteiger partial charge in [-0.15, -0.1) is 6.42 Å². The van der Waals surface area contributed by atoms with E-state index in [0.29, 0.717) is 0 Å². The molecule has 0 spiro atoms. The van der Waals surface area contributed by atoms with Crippen molar-refractivity contribution in [3.8, 4) is 0 Å². The van der Waals surface area contributed by atoms with Crippen LogP contribution in [0.1, 0.15) is 51.2 Å². The van der Waals surface area contributed by atoms with Gasteiger partial charge in [0.2, 0.25) is 0 Å². The molecule has 0 heterocycles. The van der Waals surface area contributed by atoms with E-state index in [1.54, 1.807) is 16.0 Å². The monoisotopic (exact) mass is 450 g/mol. The number of allylic oxidation sites excluding steroid dienone is 4. The molecule has 0 saturated carbocycles. The molecule has 0 aliphatic heterocycles. The van der Waals surface area contributed by atoms with Crippen LogP contribution in [-0.2, 0) is 21.7 Å². The van der Waals surface area contributed by atoms with E-state index in [4.69, 9.17) is 0 Å². The van der Waals surface area contributed by atoms with Gasteiger partial charge < -0.3 is 37.2 Å². The summed E-state index contributed by atoms with van der Waals surface area (Å²) in [5, 5.41) is 3.30. The zero-order chi connectivity index (χ0) is 15.6. The molecule has 25 heavy (non-hydrogen) atoms. The molecule has 0 saturated heterocycles. The van der Waals surface area contributed by atoms with Gasteiger partial charge in [-0.1, -0.05) is 80.7 Å². The topological polar surface area (TPSA) is 0 Å². The average molecular weight is 452 g/mol. The Morgan fingerprint density at radius 3 is 1.88 bits per heavy atom. The van der Waals surface area contributed by atoms with Crippen LogP contribution in [0, 0.1) is 19.9 Å². The summed E-state index contributed by atoms with van der Waals surface area (Å²) in [5.41, 5.74) is 5.80. The molecule has 0 N–H and O–H groups in total. The second-order valence-electron chi connectivity index (χ2n) is 6.95. The minimum atomic E-state index is -1.62. The van der Waals surface area contributed by atoms with Crippen molar-refractivity contribution in [3.63, 3.8) is 0 Å². The number of halogens is 3. The quantitative estimate of drug-likeness (QED) is 0.321. The van der Waals surface area contributed by atoms with Crippen molar-refractivity contribution in [2.24, 2.45) is 0 Å². The summed E-state index contributed by atoms with van der Waals surface area (Å²) < 4.78 is 0. The van der Waals surface area contributed by atoms with Crippen LogP contribution in [0.2, 0.25) is 12.6 Å². The molecule has 0 fully saturated rings. The maximum absolute atomic E-state index is 3.58. The van der Waals surface area contributed by atoms with E-state index in [1.807, 2.05) is 0 Å². The Morgan fingerprint density at radius 2 is 1.48 bits per heavy atom. The van der Waals surface area contributed by atoms with Crippen LogP contribution in [0.25, 0.3) is 0 Å². The van der Waals surface area contributed by atoms with Crippen LogP contribution in [0.3, 0.4) is 0 Å². The van der Waals surface area contributed by atoms with Gasteiger partial charge in [-0.05, 0) is 13.8 Å². The first kappa shape index (κ1) is 30.2. The summed E-state index contributed by atoms with van der Waals surface area (Å²) in [6, 6.07) is 8.54. The zero-order valence-corrected chi connectivity index (χ0v) is 21.0. The molecule has 1 aromatic carbocycles. The van der Waals surface area contributed by atoms with Gasteiger partial charge in [-0.3, -0.25) is 6.08 Å². The fourth-order valence-electron chi connectivity index (χ4n) is 3.88. The maximum atomic E-state index is 3.58. The molecular weight excluding hydrogens is 423 g/mol. The van der Waals surface area contributed by atoms with Crippen molar-refractivity contribution in [3.05, 3.63) is 51.7 Å². The summed E-state index contributed by atoms with van der Waals surface area (Å²) in [6.07, 6.45) is 7.24. The van der Waals surface area contributed by atoms with Crippen LogP contribution < -0.4 is 42.4 Å². The van der Waals surface area contributed by atoms with Gasteiger partial charge in [-0.2, -0.15) is 10.8 Å². The Morgan fingerprint density at radius 1 is 0.960 bits per heavy atom. The van der Waals surface area contributed by atoms with E-state index in [-0.39, 0.29) is 58.9 Å². The largest absolute Gasteiger partial charge is 4.00 e. The first-order valence-corrected chi connectivity index (χ1v) is 11.0. The van der Waals surface area contributed by atoms with E-state index in [1.165, 1.54) is 35.6 Å². The molecular formula is C20H29Cl3SiTi. The Balaban J connectivity index is -0.00000121. The van der Waals surface area contributed by atoms with Crippen molar-refractivity contribution in [2.45, 2.75) is 66.5 Å². The Labute approximate surface area is 189 Å². The molecule has 0 bridgehead atoms. The molecule has 0 nitrogen and oxygen atoms in total. The van der Waals surface area contributed by atoms with Gasteiger partial charge in [0, 0.05) is 8.07 Å². The van der Waals surface area contributed by atoms with Crippen molar-refractivity contribution in [2.75, 3.05) is 0 Å².